The van der Waals surface area contributed by atoms with Crippen molar-refractivity contribution in [3.63, 3.8) is 0 Å². The minimum atomic E-state index is 0. The van der Waals surface area contributed by atoms with Gasteiger partial charge in [-0.2, -0.15) is 0 Å². The molecule has 0 bridgehead atoms. The van der Waals surface area contributed by atoms with Gasteiger partial charge in [0.1, 0.15) is 12.4 Å². The van der Waals surface area contributed by atoms with E-state index >= 15 is 0 Å². The van der Waals surface area contributed by atoms with Crippen LogP contribution in [0.4, 0.5) is 0 Å². The number of hydrogen-bond donors (Lipinski definition) is 1. The second-order valence-corrected chi connectivity index (χ2v) is 5.19. The van der Waals surface area contributed by atoms with Gasteiger partial charge in [-0.05, 0) is 32.9 Å². The highest BCUT2D eigenvalue weighted by atomic mass is 127. The Morgan fingerprint density at radius 3 is 2.60 bits per heavy atom. The summed E-state index contributed by atoms with van der Waals surface area (Å²) in [5.41, 5.74) is 0. The molecule has 1 aromatic rings. The summed E-state index contributed by atoms with van der Waals surface area (Å²) < 4.78 is 5.58. The third-order valence-electron chi connectivity index (χ3n) is 3.44. The molecular formula is C17H30IN5O2. The Balaban J connectivity index is 0.00000576. The number of nitrogens with one attached hydrogen (secondary N) is 1. The molecule has 0 saturated carbocycles. The Morgan fingerprint density at radius 1 is 1.32 bits per heavy atom. The van der Waals surface area contributed by atoms with Crippen molar-refractivity contribution in [2.24, 2.45) is 4.99 Å². The van der Waals surface area contributed by atoms with Crippen molar-refractivity contribution in [2.45, 2.75) is 20.8 Å². The van der Waals surface area contributed by atoms with Crippen molar-refractivity contribution < 1.29 is 9.53 Å². The van der Waals surface area contributed by atoms with E-state index in [1.54, 1.807) is 12.4 Å². The van der Waals surface area contributed by atoms with Crippen LogP contribution >= 0.6 is 24.0 Å². The Bertz CT molecular complexity index is 509. The predicted molar refractivity (Wildman–Crippen MR) is 112 cm³/mol. The molecule has 7 nitrogen and oxygen atoms in total. The lowest BCUT2D eigenvalue weighted by Gasteiger charge is -2.25. The number of halogens is 1. The number of carbonyl (C=O) groups is 1. The molecule has 8 heteroatoms. The molecule has 0 aliphatic carbocycles. The van der Waals surface area contributed by atoms with E-state index in [0.717, 1.165) is 25.4 Å². The normalized spacial score (nSPS) is 10.6. The van der Waals surface area contributed by atoms with Gasteiger partial charge in [0.25, 0.3) is 0 Å². The molecule has 0 atom stereocenters. The van der Waals surface area contributed by atoms with E-state index in [0.29, 0.717) is 25.7 Å². The van der Waals surface area contributed by atoms with Gasteiger partial charge < -0.3 is 19.9 Å². The quantitative estimate of drug-likeness (QED) is 0.262. The van der Waals surface area contributed by atoms with Crippen LogP contribution in [0.15, 0.2) is 29.5 Å². The van der Waals surface area contributed by atoms with E-state index in [2.05, 4.69) is 15.3 Å². The van der Waals surface area contributed by atoms with Crippen LogP contribution < -0.4 is 10.1 Å². The fraction of sp³-hybridized carbons (Fsp3) is 0.588. The fourth-order valence-electron chi connectivity index (χ4n) is 2.17. The van der Waals surface area contributed by atoms with Crippen LogP contribution in [-0.2, 0) is 4.79 Å². The van der Waals surface area contributed by atoms with Gasteiger partial charge in [-0.3, -0.25) is 9.78 Å². The zero-order chi connectivity index (χ0) is 17.8. The zero-order valence-corrected chi connectivity index (χ0v) is 17.9. The van der Waals surface area contributed by atoms with Gasteiger partial charge in [0.15, 0.2) is 5.96 Å². The lowest BCUT2D eigenvalue weighted by Crippen LogP contribution is -2.45. The highest BCUT2D eigenvalue weighted by Gasteiger charge is 2.14. The highest BCUT2D eigenvalue weighted by molar-refractivity contribution is 14.0. The molecule has 1 heterocycles. The van der Waals surface area contributed by atoms with E-state index in [1.807, 2.05) is 49.8 Å². The lowest BCUT2D eigenvalue weighted by molar-refractivity contribution is -0.131. The molecular weight excluding hydrogens is 433 g/mol. The second kappa shape index (κ2) is 13.7. The predicted octanol–water partition coefficient (Wildman–Crippen LogP) is 1.84. The van der Waals surface area contributed by atoms with E-state index in [1.165, 1.54) is 0 Å². The van der Waals surface area contributed by atoms with Crippen molar-refractivity contribution in [1.29, 1.82) is 0 Å². The van der Waals surface area contributed by atoms with Crippen LogP contribution in [0.3, 0.4) is 0 Å². The number of guanidine groups is 1. The summed E-state index contributed by atoms with van der Waals surface area (Å²) in [5, 5.41) is 3.20. The Hall–Kier alpha value is -1.58. The number of aromatic nitrogens is 1. The molecule has 0 aliphatic rings. The van der Waals surface area contributed by atoms with Crippen LogP contribution in [0.2, 0.25) is 0 Å². The molecule has 0 fully saturated rings. The van der Waals surface area contributed by atoms with Crippen molar-refractivity contribution in [3.05, 3.63) is 24.5 Å². The number of carbonyl (C=O) groups excluding carboxylic acids is 1. The molecule has 0 unspecified atom stereocenters. The van der Waals surface area contributed by atoms with Crippen LogP contribution in [0.25, 0.3) is 0 Å². The molecule has 0 saturated heterocycles. The van der Waals surface area contributed by atoms with Gasteiger partial charge in [0.05, 0.1) is 19.3 Å². The third kappa shape index (κ3) is 8.89. The number of rotatable bonds is 9. The first-order valence-electron chi connectivity index (χ1n) is 8.42. The maximum absolute atomic E-state index is 12.2. The average molecular weight is 463 g/mol. The maximum Gasteiger partial charge on any atom is 0.242 e. The number of ether oxygens (including phenoxy) is 1. The minimum Gasteiger partial charge on any atom is -0.490 e. The first-order chi connectivity index (χ1) is 11.6. The average Bonchev–Trinajstić information content (AvgIpc) is 2.59. The van der Waals surface area contributed by atoms with Crippen LogP contribution in [-0.4, -0.2) is 73.0 Å². The van der Waals surface area contributed by atoms with Gasteiger partial charge in [-0.15, -0.1) is 24.0 Å². The first-order valence-corrected chi connectivity index (χ1v) is 8.42. The SMILES string of the molecule is CCNC(=NCCOc1cccnc1)N(C)CC(=O)N(CC)CC.I. The lowest BCUT2D eigenvalue weighted by atomic mass is 10.4. The third-order valence-corrected chi connectivity index (χ3v) is 3.44. The Labute approximate surface area is 167 Å². The molecule has 25 heavy (non-hydrogen) atoms. The summed E-state index contributed by atoms with van der Waals surface area (Å²) in [6.45, 7) is 9.41. The minimum absolute atomic E-state index is 0. The molecule has 0 aromatic carbocycles. The summed E-state index contributed by atoms with van der Waals surface area (Å²) in [6, 6.07) is 3.69. The van der Waals surface area contributed by atoms with Crippen molar-refractivity contribution in [2.75, 3.05) is 46.4 Å². The van der Waals surface area contributed by atoms with Gasteiger partial charge in [0.2, 0.25) is 5.91 Å². The summed E-state index contributed by atoms with van der Waals surface area (Å²) in [7, 11) is 1.87. The maximum atomic E-state index is 12.2. The van der Waals surface area contributed by atoms with Crippen molar-refractivity contribution in [3.8, 4) is 5.75 Å². The number of likely N-dealkylation sites (N-methyl/N-ethyl adjacent to an activating group) is 2. The summed E-state index contributed by atoms with van der Waals surface area (Å²) in [4.78, 5) is 24.4. The summed E-state index contributed by atoms with van der Waals surface area (Å²) in [6.07, 6.45) is 3.37. The van der Waals surface area contributed by atoms with E-state index in [-0.39, 0.29) is 29.9 Å². The summed E-state index contributed by atoms with van der Waals surface area (Å²) >= 11 is 0. The summed E-state index contributed by atoms with van der Waals surface area (Å²) in [5.74, 6) is 1.52. The van der Waals surface area contributed by atoms with Crippen LogP contribution in [0, 0.1) is 0 Å². The molecule has 1 rings (SSSR count). The molecule has 1 N–H and O–H groups in total. The topological polar surface area (TPSA) is 70.1 Å². The van der Waals surface area contributed by atoms with E-state index in [9.17, 15) is 4.79 Å². The van der Waals surface area contributed by atoms with Gasteiger partial charge in [-0.1, -0.05) is 0 Å². The number of amides is 1. The standard InChI is InChI=1S/C17H29N5O2.HI/c1-5-19-17(21(4)14-16(23)22(6-2)7-3)20-11-12-24-15-9-8-10-18-13-15;/h8-10,13H,5-7,11-12,14H2,1-4H3,(H,19,20);1H. The van der Waals surface area contributed by atoms with Crippen molar-refractivity contribution >= 4 is 35.8 Å². The van der Waals surface area contributed by atoms with Crippen LogP contribution in [0.5, 0.6) is 5.75 Å². The fourth-order valence-corrected chi connectivity index (χ4v) is 2.17. The van der Waals surface area contributed by atoms with Crippen molar-refractivity contribution in [1.82, 2.24) is 20.1 Å². The van der Waals surface area contributed by atoms with E-state index < -0.39 is 0 Å². The van der Waals surface area contributed by atoms with E-state index in [4.69, 9.17) is 4.74 Å². The molecule has 1 amide bonds. The smallest absolute Gasteiger partial charge is 0.242 e. The largest absolute Gasteiger partial charge is 0.490 e. The molecule has 142 valence electrons. The molecule has 0 spiro atoms. The van der Waals surface area contributed by atoms with Gasteiger partial charge in [0, 0.05) is 32.9 Å². The number of aliphatic imine (C=N–C) groups is 1. The Kier molecular flexibility index (Phi) is 12.8. The first kappa shape index (κ1) is 23.4. The molecule has 1 aromatic heterocycles. The number of pyridine rings is 1. The van der Waals surface area contributed by atoms with Gasteiger partial charge in [-0.25, -0.2) is 4.99 Å². The zero-order valence-electron chi connectivity index (χ0n) is 15.6. The van der Waals surface area contributed by atoms with Gasteiger partial charge >= 0.3 is 0 Å². The number of hydrogen-bond acceptors (Lipinski definition) is 4. The molecule has 0 aliphatic heterocycles. The highest BCUT2D eigenvalue weighted by Crippen LogP contribution is 2.05. The number of nitrogens with zero attached hydrogens (tertiary/aromatic N) is 4. The monoisotopic (exact) mass is 463 g/mol. The molecule has 0 radical (unpaired) electrons. The second-order valence-electron chi connectivity index (χ2n) is 5.19. The Morgan fingerprint density at radius 2 is 2.04 bits per heavy atom. The van der Waals surface area contributed by atoms with Crippen LogP contribution in [0.1, 0.15) is 20.8 Å².